The van der Waals surface area contributed by atoms with Gasteiger partial charge in [-0.1, -0.05) is 0 Å². The molecule has 0 spiro atoms. The second-order valence-electron chi connectivity index (χ2n) is 3.21. The first-order valence-electron chi connectivity index (χ1n) is 4.89. The van der Waals surface area contributed by atoms with E-state index >= 15 is 0 Å². The molecule has 2 unspecified atom stereocenters. The van der Waals surface area contributed by atoms with Gasteiger partial charge in [-0.05, 0) is 0 Å². The molecule has 0 amide bonds. The van der Waals surface area contributed by atoms with Crippen LogP contribution in [-0.4, -0.2) is 30.3 Å². The van der Waals surface area contributed by atoms with Crippen LogP contribution in [-0.2, 0) is 4.74 Å². The summed E-state index contributed by atoms with van der Waals surface area (Å²) in [5.74, 6) is 0. The Morgan fingerprint density at radius 3 is 2.93 bits per heavy atom. The zero-order chi connectivity index (χ0) is 9.80. The summed E-state index contributed by atoms with van der Waals surface area (Å²) in [6.07, 6.45) is 1.23. The van der Waals surface area contributed by atoms with Crippen LogP contribution in [0.25, 0.3) is 0 Å². The molecular weight excluding hydrogens is 308 g/mol. The second-order valence-corrected chi connectivity index (χ2v) is 8.96. The van der Waals surface area contributed by atoms with E-state index in [2.05, 4.69) is 46.2 Å². The van der Waals surface area contributed by atoms with Gasteiger partial charge in [0.25, 0.3) is 0 Å². The Kier molecular flexibility index (Phi) is 4.19. The van der Waals surface area contributed by atoms with Crippen molar-refractivity contribution in [2.45, 2.75) is 22.7 Å². The average Bonchev–Trinajstić information content (AvgIpc) is 2.68. The maximum absolute atomic E-state index is 5.69. The van der Waals surface area contributed by atoms with Gasteiger partial charge >= 0.3 is 98.5 Å². The standard InChI is InChI=1S/C11H14OSTe/c1-2-12-11-8-10(13-14-11)9-6-4-3-5-7-9/h3-7,10-11H,2,8H2,1H3. The first kappa shape index (κ1) is 10.8. The van der Waals surface area contributed by atoms with Gasteiger partial charge in [-0.25, -0.2) is 0 Å². The maximum atomic E-state index is 5.69. The van der Waals surface area contributed by atoms with Crippen molar-refractivity contribution in [3.63, 3.8) is 0 Å². The molecule has 2 atom stereocenters. The molecule has 3 heteroatoms. The van der Waals surface area contributed by atoms with Gasteiger partial charge < -0.3 is 0 Å². The molecule has 1 saturated heterocycles. The number of rotatable bonds is 3. The van der Waals surface area contributed by atoms with E-state index in [1.807, 2.05) is 0 Å². The third-order valence-electron chi connectivity index (χ3n) is 2.21. The van der Waals surface area contributed by atoms with E-state index in [0.29, 0.717) is 9.40 Å². The Morgan fingerprint density at radius 2 is 2.21 bits per heavy atom. The number of ether oxygens (including phenoxy) is 1. The average molecular weight is 322 g/mol. The van der Waals surface area contributed by atoms with Gasteiger partial charge in [0.2, 0.25) is 0 Å². The zero-order valence-electron chi connectivity index (χ0n) is 8.18. The Hall–Kier alpha value is 0.320. The van der Waals surface area contributed by atoms with Crippen LogP contribution in [0.3, 0.4) is 0 Å². The summed E-state index contributed by atoms with van der Waals surface area (Å²) in [6.45, 7) is 2.96. The molecule has 14 heavy (non-hydrogen) atoms. The molecule has 2 rings (SSSR count). The van der Waals surface area contributed by atoms with Gasteiger partial charge in [0.15, 0.2) is 0 Å². The van der Waals surface area contributed by atoms with Crippen LogP contribution >= 0.6 is 8.99 Å². The van der Waals surface area contributed by atoms with E-state index in [0.717, 1.165) is 6.61 Å². The Morgan fingerprint density at radius 1 is 1.43 bits per heavy atom. The molecule has 1 aliphatic heterocycles. The molecular formula is C11H14OSTe. The SMILES string of the molecule is CCOC1CC(c2ccccc2)S[Te]1. The molecule has 1 aromatic carbocycles. The molecule has 76 valence electrons. The fraction of sp³-hybridized carbons (Fsp3) is 0.455. The molecule has 1 nitrogen and oxygen atoms in total. The van der Waals surface area contributed by atoms with E-state index in [1.54, 1.807) is 0 Å². The topological polar surface area (TPSA) is 9.23 Å². The van der Waals surface area contributed by atoms with E-state index in [-0.39, 0.29) is 19.5 Å². The van der Waals surface area contributed by atoms with Crippen LogP contribution in [0.5, 0.6) is 0 Å². The Balaban J connectivity index is 1.96. The van der Waals surface area contributed by atoms with Crippen molar-refractivity contribution >= 4 is 28.5 Å². The summed E-state index contributed by atoms with van der Waals surface area (Å²) in [6, 6.07) is 10.8. The van der Waals surface area contributed by atoms with Crippen LogP contribution in [0.2, 0.25) is 0 Å². The van der Waals surface area contributed by atoms with Crippen molar-refractivity contribution < 1.29 is 4.74 Å². The molecule has 1 aliphatic rings. The first-order chi connectivity index (χ1) is 6.90. The third-order valence-corrected chi connectivity index (χ3v) is 8.95. The van der Waals surface area contributed by atoms with Crippen LogP contribution in [0, 0.1) is 0 Å². The molecule has 1 fully saturated rings. The predicted octanol–water partition coefficient (Wildman–Crippen LogP) is 2.85. The second kappa shape index (κ2) is 5.42. The van der Waals surface area contributed by atoms with E-state index in [1.165, 1.54) is 12.0 Å². The van der Waals surface area contributed by atoms with E-state index in [9.17, 15) is 0 Å². The minimum atomic E-state index is 0.0260. The van der Waals surface area contributed by atoms with Crippen molar-refractivity contribution in [2.24, 2.45) is 0 Å². The van der Waals surface area contributed by atoms with Gasteiger partial charge in [-0.2, -0.15) is 0 Å². The fourth-order valence-electron chi connectivity index (χ4n) is 1.52. The van der Waals surface area contributed by atoms with Crippen LogP contribution in [0.15, 0.2) is 30.3 Å². The summed E-state index contributed by atoms with van der Waals surface area (Å²) < 4.78 is 6.29. The van der Waals surface area contributed by atoms with Crippen molar-refractivity contribution in [1.29, 1.82) is 0 Å². The third kappa shape index (κ3) is 2.67. The zero-order valence-corrected chi connectivity index (χ0v) is 11.3. The normalized spacial score (nSPS) is 26.6. The summed E-state index contributed by atoms with van der Waals surface area (Å²) in [7, 11) is 2.15. The number of benzene rings is 1. The monoisotopic (exact) mass is 324 g/mol. The van der Waals surface area contributed by atoms with Gasteiger partial charge in [-0.15, -0.1) is 0 Å². The summed E-state index contributed by atoms with van der Waals surface area (Å²) in [5, 5.41) is 0.704. The van der Waals surface area contributed by atoms with Crippen molar-refractivity contribution in [2.75, 3.05) is 6.61 Å². The van der Waals surface area contributed by atoms with Gasteiger partial charge in [0.1, 0.15) is 0 Å². The Bertz CT molecular complexity index is 278. The minimum absolute atomic E-state index is 0.0260. The van der Waals surface area contributed by atoms with Gasteiger partial charge in [-0.3, -0.25) is 0 Å². The molecule has 1 heterocycles. The molecule has 0 aromatic heterocycles. The quantitative estimate of drug-likeness (QED) is 0.792. The van der Waals surface area contributed by atoms with Gasteiger partial charge in [0, 0.05) is 0 Å². The molecule has 0 N–H and O–H groups in total. The van der Waals surface area contributed by atoms with Crippen LogP contribution in [0.4, 0.5) is 0 Å². The van der Waals surface area contributed by atoms with E-state index < -0.39 is 0 Å². The molecule has 0 bridgehead atoms. The fourth-order valence-corrected chi connectivity index (χ4v) is 8.74. The van der Waals surface area contributed by atoms with Crippen LogP contribution < -0.4 is 0 Å². The first-order valence-corrected chi connectivity index (χ1v) is 9.89. The molecule has 0 aliphatic carbocycles. The molecule has 0 saturated carbocycles. The van der Waals surface area contributed by atoms with Gasteiger partial charge in [0.05, 0.1) is 0 Å². The van der Waals surface area contributed by atoms with Crippen LogP contribution in [0.1, 0.15) is 24.2 Å². The predicted molar refractivity (Wildman–Crippen MR) is 62.6 cm³/mol. The molecule has 0 radical (unpaired) electrons. The van der Waals surface area contributed by atoms with Crippen molar-refractivity contribution in [3.8, 4) is 0 Å². The summed E-state index contributed by atoms with van der Waals surface area (Å²) in [5.41, 5.74) is 1.48. The Labute approximate surface area is 98.2 Å². The number of hydrogen-bond acceptors (Lipinski definition) is 2. The number of hydrogen-bond donors (Lipinski definition) is 0. The van der Waals surface area contributed by atoms with Crippen molar-refractivity contribution in [3.05, 3.63) is 35.9 Å². The summed E-state index contributed by atoms with van der Waals surface area (Å²) in [4.78, 5) is 0. The summed E-state index contributed by atoms with van der Waals surface area (Å²) >= 11 is 0.0260. The van der Waals surface area contributed by atoms with Crippen molar-refractivity contribution in [1.82, 2.24) is 0 Å². The molecule has 1 aromatic rings. The van der Waals surface area contributed by atoms with E-state index in [4.69, 9.17) is 4.74 Å².